The lowest BCUT2D eigenvalue weighted by Crippen LogP contribution is -2.25. The minimum atomic E-state index is -3.98. The summed E-state index contributed by atoms with van der Waals surface area (Å²) in [6.07, 6.45) is -0.566. The van der Waals surface area contributed by atoms with E-state index in [1.54, 1.807) is 36.7 Å². The molecule has 0 aliphatic carbocycles. The lowest BCUT2D eigenvalue weighted by molar-refractivity contribution is -0.286. The van der Waals surface area contributed by atoms with Gasteiger partial charge in [-0.2, -0.15) is 0 Å². The van der Waals surface area contributed by atoms with Crippen molar-refractivity contribution in [1.82, 2.24) is 15.3 Å². The van der Waals surface area contributed by atoms with Crippen LogP contribution in [-0.2, 0) is 16.4 Å². The van der Waals surface area contributed by atoms with Crippen molar-refractivity contribution in [1.29, 1.82) is 0 Å². The molecule has 1 amide bonds. The maximum atomic E-state index is 13.2. The zero-order chi connectivity index (χ0) is 23.2. The standard InChI is InChI=1S/C22H15F2N3O5S/c23-22(24)31-19-6-5-16(10-20(19)32-22)33(29,30)15-3-1-13(2-4-15)11-26-21(28)18-9-14-12-25-8-7-17(14)27-18/h1-10,12,27H,11H2,(H,26,28). The van der Waals surface area contributed by atoms with Crippen molar-refractivity contribution in [3.8, 4) is 11.5 Å². The Morgan fingerprint density at radius 3 is 2.48 bits per heavy atom. The van der Waals surface area contributed by atoms with Gasteiger partial charge >= 0.3 is 6.29 Å². The summed E-state index contributed by atoms with van der Waals surface area (Å²) in [5, 5.41) is 3.57. The van der Waals surface area contributed by atoms with E-state index in [4.69, 9.17) is 0 Å². The number of H-pyrrole nitrogens is 1. The fraction of sp³-hybridized carbons (Fsp3) is 0.0909. The largest absolute Gasteiger partial charge is 0.586 e. The van der Waals surface area contributed by atoms with E-state index in [0.717, 1.165) is 23.0 Å². The van der Waals surface area contributed by atoms with Gasteiger partial charge in [0, 0.05) is 35.9 Å². The normalized spacial score (nSPS) is 14.4. The predicted molar refractivity (Wildman–Crippen MR) is 112 cm³/mol. The maximum absolute atomic E-state index is 13.2. The summed E-state index contributed by atoms with van der Waals surface area (Å²) in [7, 11) is -3.98. The molecule has 5 rings (SSSR count). The van der Waals surface area contributed by atoms with Crippen LogP contribution in [0.1, 0.15) is 16.1 Å². The number of aromatic amines is 1. The Morgan fingerprint density at radius 1 is 1.00 bits per heavy atom. The first kappa shape index (κ1) is 20.9. The monoisotopic (exact) mass is 471 g/mol. The highest BCUT2D eigenvalue weighted by molar-refractivity contribution is 7.91. The van der Waals surface area contributed by atoms with Gasteiger partial charge in [-0.1, -0.05) is 12.1 Å². The highest BCUT2D eigenvalue weighted by atomic mass is 32.2. The topological polar surface area (TPSA) is 110 Å². The number of alkyl halides is 2. The van der Waals surface area contributed by atoms with E-state index in [1.807, 2.05) is 0 Å². The molecule has 3 heterocycles. The van der Waals surface area contributed by atoms with Gasteiger partial charge in [0.2, 0.25) is 9.84 Å². The number of halogens is 2. The number of hydrogen-bond donors (Lipinski definition) is 2. The Labute approximate surface area is 186 Å². The SMILES string of the molecule is O=C(NCc1ccc(S(=O)(=O)c2ccc3c(c2)OC(F)(F)O3)cc1)c1cc2cnccc2[nH]1. The van der Waals surface area contributed by atoms with Crippen molar-refractivity contribution in [3.05, 3.63) is 78.2 Å². The molecular weight excluding hydrogens is 456 g/mol. The third-order valence-corrected chi connectivity index (χ3v) is 6.80. The lowest BCUT2D eigenvalue weighted by atomic mass is 10.2. The highest BCUT2D eigenvalue weighted by Gasteiger charge is 2.43. The molecule has 0 radical (unpaired) electrons. The number of carbonyl (C=O) groups excluding carboxylic acids is 1. The Hall–Kier alpha value is -3.99. The summed E-state index contributed by atoms with van der Waals surface area (Å²) in [4.78, 5) is 19.2. The van der Waals surface area contributed by atoms with Gasteiger partial charge in [-0.3, -0.25) is 9.78 Å². The van der Waals surface area contributed by atoms with E-state index >= 15 is 0 Å². The molecule has 33 heavy (non-hydrogen) atoms. The van der Waals surface area contributed by atoms with E-state index in [1.165, 1.54) is 18.2 Å². The second-order valence-electron chi connectivity index (χ2n) is 7.25. The third kappa shape index (κ3) is 3.98. The van der Waals surface area contributed by atoms with Crippen LogP contribution in [0.3, 0.4) is 0 Å². The summed E-state index contributed by atoms with van der Waals surface area (Å²) in [5.74, 6) is -0.913. The molecule has 0 spiro atoms. The van der Waals surface area contributed by atoms with Crippen molar-refractivity contribution >= 4 is 26.6 Å². The minimum absolute atomic E-state index is 0.0358. The zero-order valence-corrected chi connectivity index (χ0v) is 17.5. The molecule has 0 unspecified atom stereocenters. The van der Waals surface area contributed by atoms with Gasteiger partial charge in [0.05, 0.1) is 9.79 Å². The van der Waals surface area contributed by atoms with Crippen LogP contribution < -0.4 is 14.8 Å². The van der Waals surface area contributed by atoms with E-state index in [9.17, 15) is 22.0 Å². The molecule has 168 valence electrons. The molecule has 0 saturated heterocycles. The number of pyridine rings is 1. The molecule has 11 heteroatoms. The van der Waals surface area contributed by atoms with E-state index < -0.39 is 16.1 Å². The van der Waals surface area contributed by atoms with Crippen LogP contribution >= 0.6 is 0 Å². The average Bonchev–Trinajstić information content (AvgIpc) is 3.36. The number of nitrogens with zero attached hydrogens (tertiary/aromatic N) is 1. The van der Waals surface area contributed by atoms with Crippen molar-refractivity contribution in [2.75, 3.05) is 0 Å². The number of ether oxygens (including phenoxy) is 2. The number of nitrogens with one attached hydrogen (secondary N) is 2. The molecule has 8 nitrogen and oxygen atoms in total. The molecule has 4 aromatic rings. The van der Waals surface area contributed by atoms with Crippen LogP contribution in [0.25, 0.3) is 10.9 Å². The number of amides is 1. The predicted octanol–water partition coefficient (Wildman–Crippen LogP) is 3.65. The maximum Gasteiger partial charge on any atom is 0.586 e. The highest BCUT2D eigenvalue weighted by Crippen LogP contribution is 2.42. The Balaban J connectivity index is 1.29. The molecule has 0 bridgehead atoms. The van der Waals surface area contributed by atoms with Crippen molar-refractivity contribution < 1.29 is 31.5 Å². The fourth-order valence-electron chi connectivity index (χ4n) is 3.39. The van der Waals surface area contributed by atoms with E-state index in [-0.39, 0.29) is 33.7 Å². The van der Waals surface area contributed by atoms with Crippen LogP contribution in [-0.4, -0.2) is 30.6 Å². The van der Waals surface area contributed by atoms with E-state index in [0.29, 0.717) is 11.3 Å². The van der Waals surface area contributed by atoms with Crippen LogP contribution in [0.2, 0.25) is 0 Å². The zero-order valence-electron chi connectivity index (χ0n) is 16.7. The number of rotatable bonds is 5. The first-order valence-corrected chi connectivity index (χ1v) is 11.1. The first-order valence-electron chi connectivity index (χ1n) is 9.66. The van der Waals surface area contributed by atoms with Crippen LogP contribution in [0.5, 0.6) is 11.5 Å². The summed E-state index contributed by atoms with van der Waals surface area (Å²) in [6, 6.07) is 12.6. The second kappa shape index (κ2) is 7.55. The van der Waals surface area contributed by atoms with Crippen LogP contribution in [0.4, 0.5) is 8.78 Å². The third-order valence-electron chi connectivity index (χ3n) is 5.04. The average molecular weight is 471 g/mol. The van der Waals surface area contributed by atoms with Gasteiger partial charge in [0.25, 0.3) is 5.91 Å². The van der Waals surface area contributed by atoms with Gasteiger partial charge in [-0.25, -0.2) is 8.42 Å². The molecular formula is C22H15F2N3O5S. The number of aromatic nitrogens is 2. The Morgan fingerprint density at radius 2 is 1.73 bits per heavy atom. The van der Waals surface area contributed by atoms with Gasteiger partial charge in [-0.15, -0.1) is 8.78 Å². The number of benzene rings is 2. The van der Waals surface area contributed by atoms with Gasteiger partial charge in [0.1, 0.15) is 5.69 Å². The summed E-state index contributed by atoms with van der Waals surface area (Å²) in [5.41, 5.74) is 1.84. The van der Waals surface area contributed by atoms with Gasteiger partial charge in [0.15, 0.2) is 11.5 Å². The lowest BCUT2D eigenvalue weighted by Gasteiger charge is -2.08. The number of hydrogen-bond acceptors (Lipinski definition) is 6. The molecule has 0 atom stereocenters. The molecule has 0 fully saturated rings. The number of fused-ring (bicyclic) bond motifs is 2. The Bertz CT molecular complexity index is 1450. The summed E-state index contributed by atoms with van der Waals surface area (Å²) in [6.45, 7) is 0.173. The number of carbonyl (C=O) groups is 1. The summed E-state index contributed by atoms with van der Waals surface area (Å²) >= 11 is 0. The van der Waals surface area contributed by atoms with Crippen LogP contribution in [0, 0.1) is 0 Å². The van der Waals surface area contributed by atoms with E-state index in [2.05, 4.69) is 24.8 Å². The van der Waals surface area contributed by atoms with Crippen molar-refractivity contribution in [2.24, 2.45) is 0 Å². The molecule has 2 aromatic carbocycles. The second-order valence-corrected chi connectivity index (χ2v) is 9.20. The first-order chi connectivity index (χ1) is 15.7. The summed E-state index contributed by atoms with van der Waals surface area (Å²) < 4.78 is 60.8. The van der Waals surface area contributed by atoms with Crippen LogP contribution in [0.15, 0.2) is 76.8 Å². The quantitative estimate of drug-likeness (QED) is 0.460. The number of sulfone groups is 1. The van der Waals surface area contributed by atoms with Gasteiger partial charge < -0.3 is 19.8 Å². The molecule has 1 aliphatic rings. The molecule has 1 aliphatic heterocycles. The molecule has 2 N–H and O–H groups in total. The Kier molecular flexibility index (Phi) is 4.78. The minimum Gasteiger partial charge on any atom is -0.395 e. The van der Waals surface area contributed by atoms with Gasteiger partial charge in [-0.05, 0) is 42.0 Å². The smallest absolute Gasteiger partial charge is 0.395 e. The fourth-order valence-corrected chi connectivity index (χ4v) is 4.67. The molecule has 2 aromatic heterocycles. The van der Waals surface area contributed by atoms with Crippen molar-refractivity contribution in [2.45, 2.75) is 22.6 Å². The van der Waals surface area contributed by atoms with Crippen molar-refractivity contribution in [3.63, 3.8) is 0 Å². The molecule has 0 saturated carbocycles.